The molecule has 1 atom stereocenters. The molecule has 9 nitrogen and oxygen atoms in total. The molecule has 1 aromatic heterocycles. The van der Waals surface area contributed by atoms with Gasteiger partial charge in [0, 0.05) is 25.7 Å². The van der Waals surface area contributed by atoms with Gasteiger partial charge in [-0.1, -0.05) is 6.07 Å². The molecular weight excluding hydrogens is 358 g/mol. The smallest absolute Gasteiger partial charge is 0.254 e. The minimum absolute atomic E-state index is 0.0330. The predicted octanol–water partition coefficient (Wildman–Crippen LogP) is 0.327. The van der Waals surface area contributed by atoms with E-state index in [-0.39, 0.29) is 10.8 Å². The zero-order valence-corrected chi connectivity index (χ0v) is 15.4. The van der Waals surface area contributed by atoms with E-state index in [2.05, 4.69) is 14.9 Å². The lowest BCUT2D eigenvalue weighted by molar-refractivity contribution is 0.0302. The molecule has 0 radical (unpaired) electrons. The van der Waals surface area contributed by atoms with Crippen molar-refractivity contribution in [1.29, 1.82) is 0 Å². The summed E-state index contributed by atoms with van der Waals surface area (Å²) in [5, 5.41) is 7.67. The third kappa shape index (κ3) is 3.92. The maximum Gasteiger partial charge on any atom is 0.254 e. The van der Waals surface area contributed by atoms with E-state index in [0.29, 0.717) is 37.7 Å². The molecule has 1 fully saturated rings. The van der Waals surface area contributed by atoms with E-state index in [0.717, 1.165) is 0 Å². The van der Waals surface area contributed by atoms with Gasteiger partial charge in [-0.2, -0.15) is 0 Å². The van der Waals surface area contributed by atoms with Gasteiger partial charge in [0.15, 0.2) is 0 Å². The van der Waals surface area contributed by atoms with Crippen molar-refractivity contribution in [1.82, 2.24) is 24.4 Å². The number of hydrogen-bond donors (Lipinski definition) is 1. The monoisotopic (exact) mass is 379 g/mol. The molecule has 2 heterocycles. The van der Waals surface area contributed by atoms with E-state index in [9.17, 15) is 13.2 Å². The molecule has 1 aliphatic heterocycles. The third-order valence-electron chi connectivity index (χ3n) is 4.16. The van der Waals surface area contributed by atoms with E-state index >= 15 is 0 Å². The number of aryl methyl sites for hydroxylation is 1. The number of rotatable bonds is 5. The Morgan fingerprint density at radius 1 is 1.31 bits per heavy atom. The number of carbonyl (C=O) groups is 1. The molecule has 2 aromatic rings. The van der Waals surface area contributed by atoms with Crippen LogP contribution in [-0.4, -0.2) is 60.3 Å². The topological polar surface area (TPSA) is 106 Å². The van der Waals surface area contributed by atoms with E-state index in [1.54, 1.807) is 35.6 Å². The van der Waals surface area contributed by atoms with Crippen molar-refractivity contribution in [2.45, 2.75) is 17.9 Å². The molecule has 1 saturated heterocycles. The summed E-state index contributed by atoms with van der Waals surface area (Å²) in [5.74, 6) is 0.292. The molecule has 0 saturated carbocycles. The van der Waals surface area contributed by atoms with Gasteiger partial charge in [-0.3, -0.25) is 4.79 Å². The number of sulfonamides is 1. The highest BCUT2D eigenvalue weighted by Crippen LogP contribution is 2.17. The van der Waals surface area contributed by atoms with Gasteiger partial charge in [0.2, 0.25) is 10.0 Å². The normalized spacial score (nSPS) is 16.5. The summed E-state index contributed by atoms with van der Waals surface area (Å²) in [6.07, 6.45) is 1.50. The van der Waals surface area contributed by atoms with Gasteiger partial charge in [0.05, 0.1) is 24.2 Å². The van der Waals surface area contributed by atoms with Crippen molar-refractivity contribution in [2.75, 3.05) is 26.3 Å². The van der Waals surface area contributed by atoms with Crippen LogP contribution in [-0.2, 0) is 21.8 Å². The van der Waals surface area contributed by atoms with Crippen LogP contribution in [0.25, 0.3) is 0 Å². The van der Waals surface area contributed by atoms with Crippen molar-refractivity contribution in [3.05, 3.63) is 42.0 Å². The van der Waals surface area contributed by atoms with E-state index in [1.807, 2.05) is 0 Å². The van der Waals surface area contributed by atoms with Crippen molar-refractivity contribution >= 4 is 15.9 Å². The number of aromatic nitrogens is 3. The van der Waals surface area contributed by atoms with Gasteiger partial charge in [0.1, 0.15) is 12.2 Å². The van der Waals surface area contributed by atoms with Crippen LogP contribution in [0.2, 0.25) is 0 Å². The highest BCUT2D eigenvalue weighted by Gasteiger charge is 2.24. The lowest BCUT2D eigenvalue weighted by atomic mass is 10.2. The molecule has 1 aromatic carbocycles. The number of nitrogens with zero attached hydrogens (tertiary/aromatic N) is 4. The largest absolute Gasteiger partial charge is 0.378 e. The molecule has 0 unspecified atom stereocenters. The number of amides is 1. The number of ether oxygens (including phenoxy) is 1. The van der Waals surface area contributed by atoms with E-state index in [4.69, 9.17) is 4.74 Å². The molecule has 10 heteroatoms. The van der Waals surface area contributed by atoms with Gasteiger partial charge in [-0.05, 0) is 25.1 Å². The first-order valence-electron chi connectivity index (χ1n) is 8.22. The summed E-state index contributed by atoms with van der Waals surface area (Å²) in [7, 11) is -2.08. The Morgan fingerprint density at radius 3 is 2.69 bits per heavy atom. The van der Waals surface area contributed by atoms with Crippen LogP contribution in [0.4, 0.5) is 0 Å². The molecule has 3 rings (SSSR count). The van der Waals surface area contributed by atoms with Gasteiger partial charge in [-0.25, -0.2) is 13.1 Å². The second-order valence-electron chi connectivity index (χ2n) is 6.08. The Bertz CT molecular complexity index is 890. The van der Waals surface area contributed by atoms with Crippen LogP contribution < -0.4 is 4.72 Å². The molecule has 0 bridgehead atoms. The minimum Gasteiger partial charge on any atom is -0.378 e. The Kier molecular flexibility index (Phi) is 5.35. The molecule has 1 amide bonds. The van der Waals surface area contributed by atoms with Crippen molar-refractivity contribution in [2.24, 2.45) is 7.05 Å². The van der Waals surface area contributed by atoms with Gasteiger partial charge in [-0.15, -0.1) is 10.2 Å². The van der Waals surface area contributed by atoms with Crippen LogP contribution in [0, 0.1) is 0 Å². The summed E-state index contributed by atoms with van der Waals surface area (Å²) in [5.41, 5.74) is 0.334. The zero-order chi connectivity index (χ0) is 18.7. The van der Waals surface area contributed by atoms with Gasteiger partial charge < -0.3 is 14.2 Å². The van der Waals surface area contributed by atoms with Crippen molar-refractivity contribution in [3.8, 4) is 0 Å². The van der Waals surface area contributed by atoms with Crippen molar-refractivity contribution < 1.29 is 17.9 Å². The summed E-state index contributed by atoms with van der Waals surface area (Å²) >= 11 is 0. The second-order valence-corrected chi connectivity index (χ2v) is 7.79. The summed E-state index contributed by atoms with van der Waals surface area (Å²) in [4.78, 5) is 14.3. The fourth-order valence-corrected chi connectivity index (χ4v) is 4.03. The molecule has 0 aliphatic carbocycles. The number of benzene rings is 1. The molecule has 0 spiro atoms. The average Bonchev–Trinajstić information content (AvgIpc) is 3.08. The predicted molar refractivity (Wildman–Crippen MR) is 92.9 cm³/mol. The van der Waals surface area contributed by atoms with E-state index < -0.39 is 16.1 Å². The zero-order valence-electron chi connectivity index (χ0n) is 14.6. The lowest BCUT2D eigenvalue weighted by Crippen LogP contribution is -2.40. The highest BCUT2D eigenvalue weighted by atomic mass is 32.2. The molecule has 26 heavy (non-hydrogen) atoms. The first-order valence-corrected chi connectivity index (χ1v) is 9.70. The van der Waals surface area contributed by atoms with Gasteiger partial charge in [0.25, 0.3) is 5.91 Å². The standard InChI is InChI=1S/C16H21N5O4S/c1-12(15-18-17-11-20(15)2)19-26(23,24)14-5-3-4-13(10-14)16(22)21-6-8-25-9-7-21/h3-5,10-12,19H,6-9H2,1-2H3/t12-/m1/s1. The third-order valence-corrected chi connectivity index (χ3v) is 5.69. The first kappa shape index (κ1) is 18.5. The number of hydrogen-bond acceptors (Lipinski definition) is 6. The molecule has 1 aliphatic rings. The van der Waals surface area contributed by atoms with E-state index in [1.165, 1.54) is 18.5 Å². The first-order chi connectivity index (χ1) is 12.4. The molecule has 1 N–H and O–H groups in total. The average molecular weight is 379 g/mol. The fraction of sp³-hybridized carbons (Fsp3) is 0.438. The minimum atomic E-state index is -3.82. The number of nitrogens with one attached hydrogen (secondary N) is 1. The quantitative estimate of drug-likeness (QED) is 0.802. The number of carbonyl (C=O) groups excluding carboxylic acids is 1. The summed E-state index contributed by atoms with van der Waals surface area (Å²) in [6.45, 7) is 3.65. The Balaban J connectivity index is 1.80. The van der Waals surface area contributed by atoms with Gasteiger partial charge >= 0.3 is 0 Å². The molecule has 140 valence electrons. The Morgan fingerprint density at radius 2 is 2.04 bits per heavy atom. The maximum absolute atomic E-state index is 12.7. The number of morpholine rings is 1. The van der Waals surface area contributed by atoms with Crippen molar-refractivity contribution in [3.63, 3.8) is 0 Å². The summed E-state index contributed by atoms with van der Waals surface area (Å²) in [6, 6.07) is 5.47. The van der Waals surface area contributed by atoms with Crippen LogP contribution in [0.1, 0.15) is 29.1 Å². The van der Waals surface area contributed by atoms with Crippen LogP contribution in [0.3, 0.4) is 0 Å². The van der Waals surface area contributed by atoms with Crippen LogP contribution in [0.15, 0.2) is 35.5 Å². The highest BCUT2D eigenvalue weighted by molar-refractivity contribution is 7.89. The fourth-order valence-electron chi connectivity index (χ4n) is 2.78. The Hall–Kier alpha value is -2.30. The summed E-state index contributed by atoms with van der Waals surface area (Å²) < 4.78 is 34.8. The van der Waals surface area contributed by atoms with Crippen LogP contribution in [0.5, 0.6) is 0 Å². The second kappa shape index (κ2) is 7.52. The SMILES string of the molecule is C[C@@H](NS(=O)(=O)c1cccc(C(=O)N2CCOCC2)c1)c1nncn1C. The van der Waals surface area contributed by atoms with Crippen LogP contribution >= 0.6 is 0 Å². The Labute approximate surface area is 152 Å². The lowest BCUT2D eigenvalue weighted by Gasteiger charge is -2.27. The molecular formula is C16H21N5O4S. The maximum atomic E-state index is 12.7.